The van der Waals surface area contributed by atoms with Crippen LogP contribution in [-0.2, 0) is 20.2 Å². The van der Waals surface area contributed by atoms with E-state index in [4.69, 9.17) is 9.47 Å². The minimum absolute atomic E-state index is 0.0351. The normalized spacial score (nSPS) is 12.7. The van der Waals surface area contributed by atoms with Crippen molar-refractivity contribution in [3.05, 3.63) is 54.1 Å². The zero-order chi connectivity index (χ0) is 23.9. The summed E-state index contributed by atoms with van der Waals surface area (Å²) in [6.07, 6.45) is 0.973. The number of carbonyl (C=O) groups excluding carboxylic acids is 1. The van der Waals surface area contributed by atoms with Crippen LogP contribution in [0.25, 0.3) is 0 Å². The Kier molecular flexibility index (Phi) is 8.55. The molecule has 1 atom stereocenters. The van der Waals surface area contributed by atoms with Crippen LogP contribution in [-0.4, -0.2) is 46.9 Å². The number of sulfonamides is 1. The van der Waals surface area contributed by atoms with Gasteiger partial charge in [-0.3, -0.25) is 9.10 Å². The van der Waals surface area contributed by atoms with Crippen LogP contribution < -0.4 is 19.1 Å². The SMILES string of the molecule is CC[C@H](Oc1ccc(N(C)S(C)(=O)=O)cc1)C(=O)NCCOc1ccccc1C(C)(C)C. The topological polar surface area (TPSA) is 84.9 Å². The third-order valence-electron chi connectivity index (χ3n) is 4.99. The molecule has 0 aromatic heterocycles. The van der Waals surface area contributed by atoms with E-state index in [1.165, 1.54) is 11.4 Å². The van der Waals surface area contributed by atoms with E-state index in [0.29, 0.717) is 31.0 Å². The molecule has 2 rings (SSSR count). The average Bonchev–Trinajstić information content (AvgIpc) is 2.73. The Morgan fingerprint density at radius 3 is 2.28 bits per heavy atom. The number of para-hydroxylation sites is 1. The smallest absolute Gasteiger partial charge is 0.261 e. The van der Waals surface area contributed by atoms with E-state index >= 15 is 0 Å². The molecule has 0 heterocycles. The first-order valence-electron chi connectivity index (χ1n) is 10.6. The molecule has 0 spiro atoms. The molecule has 0 bridgehead atoms. The minimum Gasteiger partial charge on any atom is -0.491 e. The maximum atomic E-state index is 12.5. The lowest BCUT2D eigenvalue weighted by atomic mass is 9.86. The second-order valence-corrected chi connectivity index (χ2v) is 10.6. The van der Waals surface area contributed by atoms with Gasteiger partial charge in [-0.25, -0.2) is 8.42 Å². The van der Waals surface area contributed by atoms with E-state index in [-0.39, 0.29) is 11.3 Å². The highest BCUT2D eigenvalue weighted by Crippen LogP contribution is 2.30. The molecule has 0 fully saturated rings. The van der Waals surface area contributed by atoms with E-state index < -0.39 is 16.1 Å². The first-order valence-corrected chi connectivity index (χ1v) is 12.5. The summed E-state index contributed by atoms with van der Waals surface area (Å²) in [7, 11) is -1.86. The van der Waals surface area contributed by atoms with E-state index in [9.17, 15) is 13.2 Å². The first-order chi connectivity index (χ1) is 14.9. The fourth-order valence-corrected chi connectivity index (χ4v) is 3.58. The predicted molar refractivity (Wildman–Crippen MR) is 128 cm³/mol. The molecule has 2 aromatic carbocycles. The summed E-state index contributed by atoms with van der Waals surface area (Å²) in [5, 5.41) is 2.86. The molecule has 7 nitrogen and oxygen atoms in total. The van der Waals surface area contributed by atoms with Crippen LogP contribution in [0.4, 0.5) is 5.69 Å². The average molecular weight is 463 g/mol. The van der Waals surface area contributed by atoms with Crippen molar-refractivity contribution in [3.63, 3.8) is 0 Å². The van der Waals surface area contributed by atoms with E-state index in [2.05, 4.69) is 26.1 Å². The van der Waals surface area contributed by atoms with Crippen LogP contribution in [0, 0.1) is 0 Å². The maximum Gasteiger partial charge on any atom is 0.261 e. The first kappa shape index (κ1) is 25.5. The van der Waals surface area contributed by atoms with Crippen molar-refractivity contribution in [1.29, 1.82) is 0 Å². The Morgan fingerprint density at radius 2 is 1.72 bits per heavy atom. The second kappa shape index (κ2) is 10.7. The van der Waals surface area contributed by atoms with Gasteiger partial charge in [0.1, 0.15) is 18.1 Å². The number of benzene rings is 2. The standard InChI is InChI=1S/C24H34N2O5S/c1-7-21(31-19-14-12-18(13-15-19)26(5)32(6,28)29)23(27)25-16-17-30-22-11-9-8-10-20(22)24(2,3)4/h8-15,21H,7,16-17H2,1-6H3,(H,25,27)/t21-/m0/s1. The van der Waals surface area contributed by atoms with Gasteiger partial charge in [0.25, 0.3) is 5.91 Å². The second-order valence-electron chi connectivity index (χ2n) is 8.62. The fourth-order valence-electron chi connectivity index (χ4n) is 3.07. The van der Waals surface area contributed by atoms with Crippen molar-refractivity contribution in [1.82, 2.24) is 5.32 Å². The molecule has 176 valence electrons. The van der Waals surface area contributed by atoms with Gasteiger partial charge < -0.3 is 14.8 Å². The number of rotatable bonds is 10. The van der Waals surface area contributed by atoms with Crippen LogP contribution >= 0.6 is 0 Å². The van der Waals surface area contributed by atoms with Crippen molar-refractivity contribution >= 4 is 21.6 Å². The third-order valence-corrected chi connectivity index (χ3v) is 6.20. The number of carbonyl (C=O) groups is 1. The van der Waals surface area contributed by atoms with Crippen molar-refractivity contribution in [2.45, 2.75) is 45.6 Å². The van der Waals surface area contributed by atoms with Gasteiger partial charge in [0.15, 0.2) is 6.10 Å². The third kappa shape index (κ3) is 7.15. The Morgan fingerprint density at radius 1 is 1.09 bits per heavy atom. The van der Waals surface area contributed by atoms with Crippen molar-refractivity contribution in [3.8, 4) is 11.5 Å². The van der Waals surface area contributed by atoms with Crippen LogP contribution in [0.2, 0.25) is 0 Å². The Labute approximate surface area is 191 Å². The molecule has 0 aliphatic carbocycles. The van der Waals surface area contributed by atoms with Crippen molar-refractivity contribution < 1.29 is 22.7 Å². The molecular formula is C24H34N2O5S. The molecule has 0 unspecified atom stereocenters. The summed E-state index contributed by atoms with van der Waals surface area (Å²) in [6.45, 7) is 8.97. The maximum absolute atomic E-state index is 12.5. The van der Waals surface area contributed by atoms with Gasteiger partial charge in [0.2, 0.25) is 10.0 Å². The number of nitrogens with zero attached hydrogens (tertiary/aromatic N) is 1. The largest absolute Gasteiger partial charge is 0.491 e. The van der Waals surface area contributed by atoms with Gasteiger partial charge in [-0.1, -0.05) is 45.9 Å². The van der Waals surface area contributed by atoms with E-state index in [0.717, 1.165) is 17.6 Å². The lowest BCUT2D eigenvalue weighted by Crippen LogP contribution is -2.39. The van der Waals surface area contributed by atoms with Crippen LogP contribution in [0.3, 0.4) is 0 Å². The molecule has 1 N–H and O–H groups in total. The van der Waals surface area contributed by atoms with Crippen molar-refractivity contribution in [2.75, 3.05) is 30.8 Å². The highest BCUT2D eigenvalue weighted by Gasteiger charge is 2.20. The zero-order valence-corrected chi connectivity index (χ0v) is 20.5. The van der Waals surface area contributed by atoms with Crippen molar-refractivity contribution in [2.24, 2.45) is 0 Å². The van der Waals surface area contributed by atoms with Crippen LogP contribution in [0.15, 0.2) is 48.5 Å². The number of nitrogens with one attached hydrogen (secondary N) is 1. The van der Waals surface area contributed by atoms with Gasteiger partial charge in [0.05, 0.1) is 18.5 Å². The highest BCUT2D eigenvalue weighted by molar-refractivity contribution is 7.92. The van der Waals surface area contributed by atoms with Crippen LogP contribution in [0.1, 0.15) is 39.7 Å². The monoisotopic (exact) mass is 462 g/mol. The Hall–Kier alpha value is -2.74. The van der Waals surface area contributed by atoms with Gasteiger partial charge >= 0.3 is 0 Å². The Balaban J connectivity index is 1.89. The number of hydrogen-bond acceptors (Lipinski definition) is 5. The molecule has 0 aliphatic rings. The van der Waals surface area contributed by atoms with Gasteiger partial charge in [-0.2, -0.15) is 0 Å². The summed E-state index contributed by atoms with van der Waals surface area (Å²) < 4.78 is 36.2. The number of anilines is 1. The lowest BCUT2D eigenvalue weighted by molar-refractivity contribution is -0.128. The molecule has 0 aliphatic heterocycles. The number of amides is 1. The van der Waals surface area contributed by atoms with Gasteiger partial charge in [-0.05, 0) is 47.7 Å². The molecule has 0 radical (unpaired) electrons. The molecule has 32 heavy (non-hydrogen) atoms. The molecule has 1 amide bonds. The van der Waals surface area contributed by atoms with E-state index in [1.54, 1.807) is 24.3 Å². The summed E-state index contributed by atoms with van der Waals surface area (Å²) in [4.78, 5) is 12.5. The summed E-state index contributed by atoms with van der Waals surface area (Å²) in [6, 6.07) is 14.5. The summed E-state index contributed by atoms with van der Waals surface area (Å²) in [5.74, 6) is 1.09. The van der Waals surface area contributed by atoms with E-state index in [1.807, 2.05) is 31.2 Å². The quantitative estimate of drug-likeness (QED) is 0.544. The van der Waals surface area contributed by atoms with Crippen LogP contribution in [0.5, 0.6) is 11.5 Å². The summed E-state index contributed by atoms with van der Waals surface area (Å²) in [5.41, 5.74) is 1.60. The lowest BCUT2D eigenvalue weighted by Gasteiger charge is -2.23. The number of ether oxygens (including phenoxy) is 2. The summed E-state index contributed by atoms with van der Waals surface area (Å²) >= 11 is 0. The molecule has 8 heteroatoms. The predicted octanol–water partition coefficient (Wildman–Crippen LogP) is 3.73. The zero-order valence-electron chi connectivity index (χ0n) is 19.7. The highest BCUT2D eigenvalue weighted by atomic mass is 32.2. The number of hydrogen-bond donors (Lipinski definition) is 1. The fraction of sp³-hybridized carbons (Fsp3) is 0.458. The minimum atomic E-state index is -3.34. The molecule has 2 aromatic rings. The molecular weight excluding hydrogens is 428 g/mol. The van der Waals surface area contributed by atoms with Gasteiger partial charge in [-0.15, -0.1) is 0 Å². The van der Waals surface area contributed by atoms with Gasteiger partial charge in [0, 0.05) is 7.05 Å². The molecule has 0 saturated heterocycles. The Bertz CT molecular complexity index is 998. The molecule has 0 saturated carbocycles.